The summed E-state index contributed by atoms with van der Waals surface area (Å²) >= 11 is 0. The van der Waals surface area contributed by atoms with Gasteiger partial charge in [0.15, 0.2) is 0 Å². The van der Waals surface area contributed by atoms with Crippen molar-refractivity contribution in [1.29, 1.82) is 0 Å². The first-order valence-corrected chi connectivity index (χ1v) is 7.38. The second-order valence-corrected chi connectivity index (χ2v) is 6.03. The molecular weight excluding hydrogens is 250 g/mol. The highest BCUT2D eigenvalue weighted by atomic mass is 16.1. The van der Waals surface area contributed by atoms with Gasteiger partial charge in [-0.2, -0.15) is 4.99 Å². The predicted octanol–water partition coefficient (Wildman–Crippen LogP) is 3.48. The third-order valence-corrected chi connectivity index (χ3v) is 4.74. The first-order chi connectivity index (χ1) is 9.82. The van der Waals surface area contributed by atoms with E-state index in [0.717, 1.165) is 36.8 Å². The van der Waals surface area contributed by atoms with Crippen molar-refractivity contribution in [3.05, 3.63) is 30.1 Å². The fraction of sp³-hybridized carbons (Fsp3) is 0.500. The average molecular weight is 267 g/mol. The van der Waals surface area contributed by atoms with Crippen molar-refractivity contribution < 1.29 is 4.79 Å². The van der Waals surface area contributed by atoms with Crippen LogP contribution in [0.4, 0.5) is 0 Å². The van der Waals surface area contributed by atoms with Crippen LogP contribution < -0.4 is 0 Å². The van der Waals surface area contributed by atoms with Crippen LogP contribution in [0.3, 0.4) is 0 Å². The fourth-order valence-corrected chi connectivity index (χ4v) is 3.48. The number of benzene rings is 1. The largest absolute Gasteiger partial charge is 0.327 e. The SMILES string of the molecule is O=C=NC1(c2ccc3c(c2)ncn3C2CC2)CCCC1. The summed E-state index contributed by atoms with van der Waals surface area (Å²) in [6.45, 7) is 0. The third kappa shape index (κ3) is 1.72. The first-order valence-electron chi connectivity index (χ1n) is 7.38. The van der Waals surface area contributed by atoms with E-state index in [9.17, 15) is 4.79 Å². The number of aliphatic imine (C=N–C) groups is 1. The highest BCUT2D eigenvalue weighted by molar-refractivity contribution is 5.77. The molecule has 102 valence electrons. The van der Waals surface area contributed by atoms with Gasteiger partial charge in [0.2, 0.25) is 6.08 Å². The van der Waals surface area contributed by atoms with E-state index in [1.807, 2.05) is 6.33 Å². The van der Waals surface area contributed by atoms with E-state index < -0.39 is 0 Å². The minimum absolute atomic E-state index is 0.348. The summed E-state index contributed by atoms with van der Waals surface area (Å²) in [4.78, 5) is 19.5. The molecule has 0 saturated heterocycles. The van der Waals surface area contributed by atoms with Crippen molar-refractivity contribution >= 4 is 17.1 Å². The van der Waals surface area contributed by atoms with Gasteiger partial charge in [0, 0.05) is 6.04 Å². The third-order valence-electron chi connectivity index (χ3n) is 4.74. The Balaban J connectivity index is 1.82. The van der Waals surface area contributed by atoms with Crippen LogP contribution in [0.2, 0.25) is 0 Å². The summed E-state index contributed by atoms with van der Waals surface area (Å²) in [6, 6.07) is 7.01. The van der Waals surface area contributed by atoms with Gasteiger partial charge in [-0.1, -0.05) is 18.9 Å². The second kappa shape index (κ2) is 4.29. The number of rotatable bonds is 3. The van der Waals surface area contributed by atoms with Crippen molar-refractivity contribution in [2.45, 2.75) is 50.1 Å². The quantitative estimate of drug-likeness (QED) is 0.631. The molecule has 4 heteroatoms. The number of aromatic nitrogens is 2. The maximum absolute atomic E-state index is 10.8. The molecule has 0 bridgehead atoms. The van der Waals surface area contributed by atoms with Gasteiger partial charge < -0.3 is 4.57 Å². The Bertz CT molecular complexity index is 702. The Morgan fingerprint density at radius 3 is 2.80 bits per heavy atom. The van der Waals surface area contributed by atoms with Gasteiger partial charge in [-0.15, -0.1) is 0 Å². The molecule has 1 heterocycles. The molecule has 0 amide bonds. The maximum Gasteiger partial charge on any atom is 0.235 e. The van der Waals surface area contributed by atoms with Crippen LogP contribution >= 0.6 is 0 Å². The minimum atomic E-state index is -0.348. The number of hydrogen-bond donors (Lipinski definition) is 0. The van der Waals surface area contributed by atoms with Crippen LogP contribution in [0.15, 0.2) is 29.5 Å². The van der Waals surface area contributed by atoms with Crippen LogP contribution in [-0.2, 0) is 10.3 Å². The van der Waals surface area contributed by atoms with Crippen molar-refractivity contribution in [1.82, 2.24) is 9.55 Å². The topological polar surface area (TPSA) is 47.2 Å². The summed E-state index contributed by atoms with van der Waals surface area (Å²) in [5.41, 5.74) is 2.98. The molecule has 0 spiro atoms. The maximum atomic E-state index is 10.8. The molecule has 0 radical (unpaired) electrons. The van der Waals surface area contributed by atoms with Crippen molar-refractivity contribution in [3.63, 3.8) is 0 Å². The molecule has 0 N–H and O–H groups in total. The van der Waals surface area contributed by atoms with E-state index >= 15 is 0 Å². The molecule has 2 aliphatic rings. The van der Waals surface area contributed by atoms with E-state index in [1.54, 1.807) is 6.08 Å². The number of fused-ring (bicyclic) bond motifs is 1. The molecule has 0 unspecified atom stereocenters. The van der Waals surface area contributed by atoms with Crippen molar-refractivity contribution in [3.8, 4) is 0 Å². The second-order valence-electron chi connectivity index (χ2n) is 6.03. The molecule has 2 fully saturated rings. The molecule has 4 nitrogen and oxygen atoms in total. The molecule has 1 aromatic heterocycles. The summed E-state index contributed by atoms with van der Waals surface area (Å²) in [7, 11) is 0. The number of nitrogens with zero attached hydrogens (tertiary/aromatic N) is 3. The fourth-order valence-electron chi connectivity index (χ4n) is 3.48. The van der Waals surface area contributed by atoms with Crippen LogP contribution in [0.5, 0.6) is 0 Å². The zero-order valence-corrected chi connectivity index (χ0v) is 11.4. The molecule has 2 aromatic rings. The first kappa shape index (κ1) is 11.9. The minimum Gasteiger partial charge on any atom is -0.327 e. The van der Waals surface area contributed by atoms with Gasteiger partial charge in [0.25, 0.3) is 0 Å². The zero-order valence-electron chi connectivity index (χ0n) is 11.4. The van der Waals surface area contributed by atoms with Crippen LogP contribution in [0, 0.1) is 0 Å². The van der Waals surface area contributed by atoms with E-state index in [4.69, 9.17) is 0 Å². The smallest absolute Gasteiger partial charge is 0.235 e. The van der Waals surface area contributed by atoms with E-state index in [2.05, 4.69) is 32.7 Å². The molecule has 2 saturated carbocycles. The lowest BCUT2D eigenvalue weighted by molar-refractivity contribution is 0.456. The predicted molar refractivity (Wildman–Crippen MR) is 76.3 cm³/mol. The van der Waals surface area contributed by atoms with Crippen LogP contribution in [-0.4, -0.2) is 15.6 Å². The Morgan fingerprint density at radius 1 is 1.30 bits per heavy atom. The standard InChI is InChI=1S/C16H17N3O/c20-11-18-16(7-1-2-8-16)12-3-6-15-14(9-12)17-10-19(15)13-4-5-13/h3,6,9-10,13H,1-2,4-5,7-8H2. The van der Waals surface area contributed by atoms with Gasteiger partial charge in [-0.3, -0.25) is 0 Å². The molecule has 4 rings (SSSR count). The van der Waals surface area contributed by atoms with Gasteiger partial charge >= 0.3 is 0 Å². The number of carbonyl (C=O) groups excluding carboxylic acids is 1. The van der Waals surface area contributed by atoms with Gasteiger partial charge in [0.05, 0.1) is 22.9 Å². The van der Waals surface area contributed by atoms with Crippen LogP contribution in [0.25, 0.3) is 11.0 Å². The van der Waals surface area contributed by atoms with Crippen molar-refractivity contribution in [2.24, 2.45) is 4.99 Å². The summed E-state index contributed by atoms with van der Waals surface area (Å²) in [5.74, 6) is 0. The monoisotopic (exact) mass is 267 g/mol. The Labute approximate surface area is 117 Å². The number of hydrogen-bond acceptors (Lipinski definition) is 3. The average Bonchev–Trinajstić information content (AvgIpc) is 3.04. The molecule has 2 aliphatic carbocycles. The zero-order chi connectivity index (χ0) is 13.6. The Hall–Kier alpha value is -1.93. The number of isocyanates is 1. The van der Waals surface area contributed by atoms with Gasteiger partial charge in [-0.05, 0) is 43.4 Å². The summed E-state index contributed by atoms with van der Waals surface area (Å²) in [6.07, 6.45) is 10.4. The molecule has 0 aliphatic heterocycles. The highest BCUT2D eigenvalue weighted by Crippen LogP contribution is 2.43. The van der Waals surface area contributed by atoms with E-state index in [1.165, 1.54) is 18.4 Å². The highest BCUT2D eigenvalue weighted by Gasteiger charge is 2.36. The molecule has 20 heavy (non-hydrogen) atoms. The lowest BCUT2D eigenvalue weighted by atomic mass is 9.89. The van der Waals surface area contributed by atoms with Crippen LogP contribution in [0.1, 0.15) is 50.1 Å². The summed E-state index contributed by atoms with van der Waals surface area (Å²) < 4.78 is 2.27. The van der Waals surface area contributed by atoms with E-state index in [-0.39, 0.29) is 5.54 Å². The normalized spacial score (nSPS) is 21.0. The molecule has 0 atom stereocenters. The Kier molecular flexibility index (Phi) is 2.54. The number of imidazole rings is 1. The lowest BCUT2D eigenvalue weighted by Crippen LogP contribution is -2.18. The van der Waals surface area contributed by atoms with Gasteiger partial charge in [0.1, 0.15) is 0 Å². The molecule has 1 aromatic carbocycles. The van der Waals surface area contributed by atoms with Gasteiger partial charge in [-0.25, -0.2) is 9.78 Å². The summed E-state index contributed by atoms with van der Waals surface area (Å²) in [5, 5.41) is 0. The Morgan fingerprint density at radius 2 is 2.10 bits per heavy atom. The van der Waals surface area contributed by atoms with Crippen molar-refractivity contribution in [2.75, 3.05) is 0 Å². The molecular formula is C16H17N3O. The van der Waals surface area contributed by atoms with E-state index in [0.29, 0.717) is 6.04 Å². The lowest BCUT2D eigenvalue weighted by Gasteiger charge is -2.22.